The average molecular weight is 496 g/mol. The lowest BCUT2D eigenvalue weighted by Crippen LogP contribution is -2.34. The standard InChI is InChI=1S/C16H15Cl2F3N4O2.2ClH/c17-12-4-10(5-13(18)25-12)7-27-15(26)11(22)3-9-1-2-14(23-6-9)24-8-16(19,20)21;;/h1-2,4-6,11H,3,7-8,22H2,(H,23,24);2*1H/t11-;;/m0../s1. The first-order chi connectivity index (χ1) is 12.6. The molecule has 162 valence electrons. The van der Waals surface area contributed by atoms with Crippen LogP contribution in [0.4, 0.5) is 19.0 Å². The lowest BCUT2D eigenvalue weighted by atomic mass is 10.1. The Balaban J connectivity index is 0.00000392. The Morgan fingerprint density at radius 2 is 1.79 bits per heavy atom. The van der Waals surface area contributed by atoms with E-state index in [2.05, 4.69) is 15.3 Å². The van der Waals surface area contributed by atoms with Crippen LogP contribution in [-0.2, 0) is 22.6 Å². The predicted octanol–water partition coefficient (Wildman–Crippen LogP) is 4.21. The quantitative estimate of drug-likeness (QED) is 0.441. The van der Waals surface area contributed by atoms with Gasteiger partial charge in [-0.3, -0.25) is 4.79 Å². The van der Waals surface area contributed by atoms with E-state index in [1.807, 2.05) is 0 Å². The van der Waals surface area contributed by atoms with Crippen molar-refractivity contribution in [3.63, 3.8) is 0 Å². The average Bonchev–Trinajstić information content (AvgIpc) is 2.57. The Morgan fingerprint density at radius 1 is 1.17 bits per heavy atom. The molecule has 29 heavy (non-hydrogen) atoms. The fourth-order valence-electron chi connectivity index (χ4n) is 2.04. The van der Waals surface area contributed by atoms with Crippen molar-refractivity contribution >= 4 is 59.8 Å². The number of halogens is 7. The summed E-state index contributed by atoms with van der Waals surface area (Å²) in [5.74, 6) is -0.586. The first-order valence-electron chi connectivity index (χ1n) is 7.62. The van der Waals surface area contributed by atoms with Gasteiger partial charge in [-0.1, -0.05) is 29.3 Å². The SMILES string of the molecule is Cl.Cl.N[C@@H](Cc1ccc(NCC(F)(F)F)nc1)C(=O)OCc1cc(Cl)nc(Cl)c1. The molecule has 0 saturated heterocycles. The van der Waals surface area contributed by atoms with Gasteiger partial charge in [0.05, 0.1) is 0 Å². The van der Waals surface area contributed by atoms with Crippen molar-refractivity contribution < 1.29 is 22.7 Å². The summed E-state index contributed by atoms with van der Waals surface area (Å²) >= 11 is 11.5. The van der Waals surface area contributed by atoms with E-state index in [0.29, 0.717) is 11.1 Å². The van der Waals surface area contributed by atoms with Crippen molar-refractivity contribution in [3.8, 4) is 0 Å². The van der Waals surface area contributed by atoms with Crippen molar-refractivity contribution in [1.82, 2.24) is 9.97 Å². The van der Waals surface area contributed by atoms with Gasteiger partial charge in [-0.15, -0.1) is 24.8 Å². The minimum Gasteiger partial charge on any atom is -0.460 e. The largest absolute Gasteiger partial charge is 0.460 e. The van der Waals surface area contributed by atoms with Gasteiger partial charge >= 0.3 is 12.1 Å². The Bertz CT molecular complexity index is 774. The molecule has 0 bridgehead atoms. The maximum Gasteiger partial charge on any atom is 0.405 e. The van der Waals surface area contributed by atoms with Crippen molar-refractivity contribution in [3.05, 3.63) is 51.9 Å². The van der Waals surface area contributed by atoms with Crippen LogP contribution < -0.4 is 11.1 Å². The van der Waals surface area contributed by atoms with E-state index >= 15 is 0 Å². The fraction of sp³-hybridized carbons (Fsp3) is 0.312. The summed E-state index contributed by atoms with van der Waals surface area (Å²) in [5.41, 5.74) is 6.93. The number of rotatable bonds is 7. The Kier molecular flexibility index (Phi) is 11.6. The number of carbonyl (C=O) groups excluding carboxylic acids is 1. The Morgan fingerprint density at radius 3 is 2.31 bits per heavy atom. The molecular formula is C16H17Cl4F3N4O2. The molecule has 2 aromatic rings. The van der Waals surface area contributed by atoms with E-state index in [1.54, 1.807) is 0 Å². The number of ether oxygens (including phenoxy) is 1. The zero-order valence-electron chi connectivity index (χ0n) is 14.6. The van der Waals surface area contributed by atoms with E-state index in [9.17, 15) is 18.0 Å². The Hall–Kier alpha value is -1.52. The number of esters is 1. The zero-order valence-corrected chi connectivity index (χ0v) is 17.7. The summed E-state index contributed by atoms with van der Waals surface area (Å²) in [4.78, 5) is 19.6. The topological polar surface area (TPSA) is 90.1 Å². The van der Waals surface area contributed by atoms with Crippen LogP contribution in [0.3, 0.4) is 0 Å². The molecule has 2 heterocycles. The Labute approximate surface area is 187 Å². The van der Waals surface area contributed by atoms with Crippen LogP contribution in [0, 0.1) is 0 Å². The molecule has 0 unspecified atom stereocenters. The van der Waals surface area contributed by atoms with Crippen LogP contribution >= 0.6 is 48.0 Å². The van der Waals surface area contributed by atoms with Crippen molar-refractivity contribution in [2.24, 2.45) is 5.73 Å². The number of hydrogen-bond donors (Lipinski definition) is 2. The van der Waals surface area contributed by atoms with E-state index in [0.717, 1.165) is 0 Å². The molecule has 2 rings (SSSR count). The zero-order chi connectivity index (χ0) is 20.0. The maximum atomic E-state index is 12.1. The smallest absolute Gasteiger partial charge is 0.405 e. The minimum absolute atomic E-state index is 0. The number of nitrogens with zero attached hydrogens (tertiary/aromatic N) is 2. The van der Waals surface area contributed by atoms with Gasteiger partial charge in [0, 0.05) is 6.20 Å². The van der Waals surface area contributed by atoms with Crippen molar-refractivity contribution in [2.75, 3.05) is 11.9 Å². The molecule has 0 saturated carbocycles. The summed E-state index contributed by atoms with van der Waals surface area (Å²) in [7, 11) is 0. The number of anilines is 1. The lowest BCUT2D eigenvalue weighted by molar-refractivity contribution is -0.146. The third kappa shape index (κ3) is 10.2. The molecule has 0 aliphatic rings. The molecule has 0 radical (unpaired) electrons. The number of nitrogens with two attached hydrogens (primary N) is 1. The number of carbonyl (C=O) groups is 1. The van der Waals surface area contributed by atoms with E-state index < -0.39 is 24.7 Å². The minimum atomic E-state index is -4.34. The number of nitrogens with one attached hydrogen (secondary N) is 1. The molecule has 3 N–H and O–H groups in total. The van der Waals surface area contributed by atoms with E-state index in [4.69, 9.17) is 33.7 Å². The number of alkyl halides is 3. The van der Waals surface area contributed by atoms with Crippen molar-refractivity contribution in [2.45, 2.75) is 25.2 Å². The van der Waals surface area contributed by atoms with Crippen LogP contribution in [0.15, 0.2) is 30.5 Å². The molecule has 1 atom stereocenters. The summed E-state index contributed by atoms with van der Waals surface area (Å²) in [6, 6.07) is 4.95. The highest BCUT2D eigenvalue weighted by Crippen LogP contribution is 2.17. The second-order valence-electron chi connectivity index (χ2n) is 5.56. The third-order valence-corrected chi connectivity index (χ3v) is 3.64. The fourth-order valence-corrected chi connectivity index (χ4v) is 2.54. The molecule has 0 spiro atoms. The van der Waals surface area contributed by atoms with Crippen LogP contribution in [0.2, 0.25) is 10.3 Å². The first kappa shape index (κ1) is 27.5. The molecule has 2 aromatic heterocycles. The van der Waals surface area contributed by atoms with Crippen LogP contribution in [-0.4, -0.2) is 34.7 Å². The normalized spacial score (nSPS) is 11.7. The van der Waals surface area contributed by atoms with Gasteiger partial charge in [0.2, 0.25) is 0 Å². The highest BCUT2D eigenvalue weighted by atomic mass is 35.5. The van der Waals surface area contributed by atoms with Gasteiger partial charge in [0.1, 0.15) is 35.3 Å². The van der Waals surface area contributed by atoms with Gasteiger partial charge in [-0.05, 0) is 35.7 Å². The highest BCUT2D eigenvalue weighted by Gasteiger charge is 2.26. The van der Waals surface area contributed by atoms with E-state index in [1.165, 1.54) is 30.5 Å². The molecule has 6 nitrogen and oxygen atoms in total. The van der Waals surface area contributed by atoms with E-state index in [-0.39, 0.29) is 54.0 Å². The molecule has 13 heteroatoms. The number of hydrogen-bond acceptors (Lipinski definition) is 6. The third-order valence-electron chi connectivity index (χ3n) is 3.26. The van der Waals surface area contributed by atoms with Crippen LogP contribution in [0.1, 0.15) is 11.1 Å². The lowest BCUT2D eigenvalue weighted by Gasteiger charge is -2.13. The maximum absolute atomic E-state index is 12.1. The molecule has 0 amide bonds. The van der Waals surface area contributed by atoms with Gasteiger partial charge in [0.15, 0.2) is 0 Å². The summed E-state index contributed by atoms with van der Waals surface area (Å²) in [5, 5.41) is 2.49. The van der Waals surface area contributed by atoms with Gasteiger partial charge in [-0.2, -0.15) is 13.2 Å². The molecule has 0 aromatic carbocycles. The first-order valence-corrected chi connectivity index (χ1v) is 8.38. The molecule has 0 aliphatic carbocycles. The second-order valence-corrected chi connectivity index (χ2v) is 6.33. The number of aromatic nitrogens is 2. The molecule has 0 fully saturated rings. The highest BCUT2D eigenvalue weighted by molar-refractivity contribution is 6.32. The van der Waals surface area contributed by atoms with Crippen LogP contribution in [0.25, 0.3) is 0 Å². The predicted molar refractivity (Wildman–Crippen MR) is 109 cm³/mol. The van der Waals surface area contributed by atoms with Gasteiger partial charge in [-0.25, -0.2) is 9.97 Å². The monoisotopic (exact) mass is 494 g/mol. The van der Waals surface area contributed by atoms with Gasteiger partial charge in [0.25, 0.3) is 0 Å². The molecular weight excluding hydrogens is 479 g/mol. The molecule has 0 aliphatic heterocycles. The summed E-state index contributed by atoms with van der Waals surface area (Å²) in [6.45, 7) is -1.26. The van der Waals surface area contributed by atoms with Crippen molar-refractivity contribution in [1.29, 1.82) is 0 Å². The van der Waals surface area contributed by atoms with Gasteiger partial charge < -0.3 is 15.8 Å². The second kappa shape index (κ2) is 12.2. The summed E-state index contributed by atoms with van der Waals surface area (Å²) in [6.07, 6.45) is -2.88. The summed E-state index contributed by atoms with van der Waals surface area (Å²) < 4.78 is 41.5. The van der Waals surface area contributed by atoms with Crippen LogP contribution in [0.5, 0.6) is 0 Å². The number of pyridine rings is 2.